The van der Waals surface area contributed by atoms with Gasteiger partial charge in [-0.3, -0.25) is 0 Å². The van der Waals surface area contributed by atoms with Crippen LogP contribution in [-0.4, -0.2) is 39.5 Å². The summed E-state index contributed by atoms with van der Waals surface area (Å²) in [7, 11) is -1.68. The number of methoxy groups -OCH3 is 1. The van der Waals surface area contributed by atoms with Gasteiger partial charge in [0.15, 0.2) is 0 Å². The fraction of sp³-hybridized carbons (Fsp3) is 0.400. The second kappa shape index (κ2) is 8.66. The van der Waals surface area contributed by atoms with Gasteiger partial charge >= 0.3 is 0 Å². The van der Waals surface area contributed by atoms with E-state index < -0.39 is 10.0 Å². The molecule has 2 aromatic rings. The number of hydrogen-bond acceptors (Lipinski definition) is 4. The minimum absolute atomic E-state index is 0.382. The highest BCUT2D eigenvalue weighted by molar-refractivity contribution is 7.89. The van der Waals surface area contributed by atoms with Gasteiger partial charge in [0.25, 0.3) is 0 Å². The zero-order valence-corrected chi connectivity index (χ0v) is 15.9. The van der Waals surface area contributed by atoms with E-state index in [9.17, 15) is 8.42 Å². The summed E-state index contributed by atoms with van der Waals surface area (Å²) in [5, 5.41) is 3.48. The number of piperidine rings is 1. The van der Waals surface area contributed by atoms with Gasteiger partial charge in [0.05, 0.1) is 12.0 Å². The molecule has 0 aliphatic carbocycles. The Kier molecular flexibility index (Phi) is 6.29. The Morgan fingerprint density at radius 3 is 2.38 bits per heavy atom. The minimum atomic E-state index is -3.36. The van der Waals surface area contributed by atoms with Crippen molar-refractivity contribution in [2.45, 2.75) is 24.3 Å². The Morgan fingerprint density at radius 1 is 1.04 bits per heavy atom. The van der Waals surface area contributed by atoms with Crippen LogP contribution in [0.2, 0.25) is 0 Å². The summed E-state index contributed by atoms with van der Waals surface area (Å²) in [5.74, 6) is 1.38. The molecule has 1 aliphatic rings. The molecule has 140 valence electrons. The van der Waals surface area contributed by atoms with E-state index in [1.165, 1.54) is 0 Å². The normalized spacial score (nSPS) is 16.5. The third kappa shape index (κ3) is 4.44. The Labute approximate surface area is 156 Å². The molecule has 1 aliphatic heterocycles. The quantitative estimate of drug-likeness (QED) is 0.810. The van der Waals surface area contributed by atoms with Crippen LogP contribution in [-0.2, 0) is 16.6 Å². The molecule has 5 nitrogen and oxygen atoms in total. The van der Waals surface area contributed by atoms with E-state index in [1.54, 1.807) is 35.7 Å². The SMILES string of the molecule is COc1ccccc1CNCC1CCN(S(=O)(=O)c2ccccc2)CC1. The summed E-state index contributed by atoms with van der Waals surface area (Å²) in [4.78, 5) is 0.382. The van der Waals surface area contributed by atoms with Crippen molar-refractivity contribution < 1.29 is 13.2 Å². The summed E-state index contributed by atoms with van der Waals surface area (Å²) in [6.07, 6.45) is 1.76. The van der Waals surface area contributed by atoms with Crippen molar-refractivity contribution in [2.75, 3.05) is 26.7 Å². The molecule has 0 radical (unpaired) electrons. The van der Waals surface area contributed by atoms with Crippen LogP contribution in [0.3, 0.4) is 0 Å². The molecule has 1 N–H and O–H groups in total. The lowest BCUT2D eigenvalue weighted by Crippen LogP contribution is -2.40. The van der Waals surface area contributed by atoms with Gasteiger partial charge in [-0.25, -0.2) is 8.42 Å². The Balaban J connectivity index is 1.48. The Bertz CT molecular complexity index is 801. The van der Waals surface area contributed by atoms with E-state index in [4.69, 9.17) is 4.74 Å². The molecule has 0 aromatic heterocycles. The van der Waals surface area contributed by atoms with Gasteiger partial charge in [0, 0.05) is 25.2 Å². The summed E-state index contributed by atoms with van der Waals surface area (Å²) < 4.78 is 32.3. The van der Waals surface area contributed by atoms with Gasteiger partial charge in [0.1, 0.15) is 5.75 Å². The number of rotatable bonds is 7. The number of nitrogens with zero attached hydrogens (tertiary/aromatic N) is 1. The molecule has 1 fully saturated rings. The fourth-order valence-corrected chi connectivity index (χ4v) is 4.85. The smallest absolute Gasteiger partial charge is 0.243 e. The molecule has 0 spiro atoms. The Hall–Kier alpha value is -1.89. The lowest BCUT2D eigenvalue weighted by molar-refractivity contribution is 0.267. The van der Waals surface area contributed by atoms with E-state index in [2.05, 4.69) is 11.4 Å². The average molecular weight is 375 g/mol. The van der Waals surface area contributed by atoms with Crippen LogP contribution in [0.15, 0.2) is 59.5 Å². The standard InChI is InChI=1S/C20H26N2O3S/c1-25-20-10-6-5-7-18(20)16-21-15-17-11-13-22(14-12-17)26(23,24)19-8-3-2-4-9-19/h2-10,17,21H,11-16H2,1H3. The second-order valence-electron chi connectivity index (χ2n) is 6.60. The first-order valence-electron chi connectivity index (χ1n) is 8.99. The van der Waals surface area contributed by atoms with Gasteiger partial charge in [0.2, 0.25) is 10.0 Å². The highest BCUT2D eigenvalue weighted by Gasteiger charge is 2.28. The molecule has 0 bridgehead atoms. The molecule has 3 rings (SSSR count). The molecule has 6 heteroatoms. The van der Waals surface area contributed by atoms with Crippen molar-refractivity contribution in [2.24, 2.45) is 5.92 Å². The van der Waals surface area contributed by atoms with Gasteiger partial charge < -0.3 is 10.1 Å². The fourth-order valence-electron chi connectivity index (χ4n) is 3.36. The first-order chi connectivity index (χ1) is 12.6. The summed E-state index contributed by atoms with van der Waals surface area (Å²) >= 11 is 0. The van der Waals surface area contributed by atoms with Crippen LogP contribution < -0.4 is 10.1 Å². The van der Waals surface area contributed by atoms with Crippen LogP contribution in [0.1, 0.15) is 18.4 Å². The van der Waals surface area contributed by atoms with E-state index >= 15 is 0 Å². The summed E-state index contributed by atoms with van der Waals surface area (Å²) in [6.45, 7) is 2.81. The van der Waals surface area contributed by atoms with Crippen LogP contribution in [0, 0.1) is 5.92 Å². The maximum Gasteiger partial charge on any atom is 0.243 e. The van der Waals surface area contributed by atoms with Gasteiger partial charge in [-0.05, 0) is 43.5 Å². The average Bonchev–Trinajstić information content (AvgIpc) is 2.69. The largest absolute Gasteiger partial charge is 0.496 e. The second-order valence-corrected chi connectivity index (χ2v) is 8.54. The number of nitrogens with one attached hydrogen (secondary N) is 1. The molecule has 0 amide bonds. The number of hydrogen-bond donors (Lipinski definition) is 1. The zero-order chi connectivity index (χ0) is 18.4. The first kappa shape index (κ1) is 18.9. The highest BCUT2D eigenvalue weighted by atomic mass is 32.2. The van der Waals surface area contributed by atoms with Crippen LogP contribution in [0.5, 0.6) is 5.75 Å². The molecule has 0 unspecified atom stereocenters. The number of para-hydroxylation sites is 1. The molecular weight excluding hydrogens is 348 g/mol. The highest BCUT2D eigenvalue weighted by Crippen LogP contribution is 2.23. The molecule has 0 saturated carbocycles. The van der Waals surface area contributed by atoms with Crippen molar-refractivity contribution >= 4 is 10.0 Å². The zero-order valence-electron chi connectivity index (χ0n) is 15.1. The minimum Gasteiger partial charge on any atom is -0.496 e. The lowest BCUT2D eigenvalue weighted by Gasteiger charge is -2.31. The van der Waals surface area contributed by atoms with Crippen LogP contribution in [0.25, 0.3) is 0 Å². The first-order valence-corrected chi connectivity index (χ1v) is 10.4. The number of sulfonamides is 1. The predicted molar refractivity (Wildman–Crippen MR) is 103 cm³/mol. The van der Waals surface area contributed by atoms with Crippen molar-refractivity contribution in [3.05, 3.63) is 60.2 Å². The van der Waals surface area contributed by atoms with Crippen molar-refractivity contribution in [3.63, 3.8) is 0 Å². The van der Waals surface area contributed by atoms with Gasteiger partial charge in [-0.2, -0.15) is 4.31 Å². The number of ether oxygens (including phenoxy) is 1. The number of benzene rings is 2. The van der Waals surface area contributed by atoms with Crippen LogP contribution in [0.4, 0.5) is 0 Å². The maximum absolute atomic E-state index is 12.7. The molecule has 1 saturated heterocycles. The van der Waals surface area contributed by atoms with Crippen molar-refractivity contribution in [1.82, 2.24) is 9.62 Å². The monoisotopic (exact) mass is 374 g/mol. The molecule has 1 heterocycles. The lowest BCUT2D eigenvalue weighted by atomic mass is 9.98. The van der Waals surface area contributed by atoms with Crippen molar-refractivity contribution in [1.29, 1.82) is 0 Å². The summed E-state index contributed by atoms with van der Waals surface area (Å²) in [6, 6.07) is 16.7. The van der Waals surface area contributed by atoms with Crippen LogP contribution >= 0.6 is 0 Å². The predicted octanol–water partition coefficient (Wildman–Crippen LogP) is 2.89. The maximum atomic E-state index is 12.7. The van der Waals surface area contributed by atoms with E-state index in [0.717, 1.165) is 37.2 Å². The third-order valence-corrected chi connectivity index (χ3v) is 6.81. The Morgan fingerprint density at radius 2 is 1.69 bits per heavy atom. The van der Waals surface area contributed by atoms with E-state index in [1.807, 2.05) is 24.3 Å². The van der Waals surface area contributed by atoms with E-state index in [-0.39, 0.29) is 0 Å². The third-order valence-electron chi connectivity index (χ3n) is 4.90. The molecular formula is C20H26N2O3S. The topological polar surface area (TPSA) is 58.6 Å². The van der Waals surface area contributed by atoms with E-state index in [0.29, 0.717) is 23.9 Å². The molecule has 2 aromatic carbocycles. The van der Waals surface area contributed by atoms with Crippen molar-refractivity contribution in [3.8, 4) is 5.75 Å². The van der Waals surface area contributed by atoms with Gasteiger partial charge in [-0.1, -0.05) is 36.4 Å². The van der Waals surface area contributed by atoms with Gasteiger partial charge in [-0.15, -0.1) is 0 Å². The molecule has 26 heavy (non-hydrogen) atoms. The summed E-state index contributed by atoms with van der Waals surface area (Å²) in [5.41, 5.74) is 1.14. The molecule has 0 atom stereocenters.